The molecule has 0 bridgehead atoms. The largest absolute Gasteiger partial charge is 0.496 e. The number of anilines is 2. The van der Waals surface area contributed by atoms with Crippen LogP contribution in [0.4, 0.5) is 11.4 Å². The van der Waals surface area contributed by atoms with Crippen molar-refractivity contribution in [1.82, 2.24) is 0 Å². The van der Waals surface area contributed by atoms with E-state index in [0.717, 1.165) is 0 Å². The molecule has 0 fully saturated rings. The zero-order valence-corrected chi connectivity index (χ0v) is 14.5. The molecule has 25 heavy (non-hydrogen) atoms. The predicted octanol–water partition coefficient (Wildman–Crippen LogP) is 2.92. The lowest BCUT2D eigenvalue weighted by atomic mass is 10.1. The molecule has 132 valence electrons. The van der Waals surface area contributed by atoms with Gasteiger partial charge in [0.1, 0.15) is 22.8 Å². The number of nitrogens with one attached hydrogen (secondary N) is 2. The Bertz CT molecular complexity index is 767. The summed E-state index contributed by atoms with van der Waals surface area (Å²) in [7, 11) is 4.46. The number of rotatable bonds is 6. The minimum atomic E-state index is -0.395. The molecule has 0 aliphatic rings. The van der Waals surface area contributed by atoms with Crippen LogP contribution in [0.15, 0.2) is 36.4 Å². The maximum Gasteiger partial charge on any atom is 0.263 e. The Labute approximate surface area is 145 Å². The van der Waals surface area contributed by atoms with Crippen LogP contribution in [0, 0.1) is 0 Å². The smallest absolute Gasteiger partial charge is 0.263 e. The minimum absolute atomic E-state index is 0.242. The zero-order chi connectivity index (χ0) is 18.4. The van der Waals surface area contributed by atoms with E-state index in [2.05, 4.69) is 10.6 Å². The van der Waals surface area contributed by atoms with Gasteiger partial charge in [0.25, 0.3) is 5.91 Å². The average Bonchev–Trinajstić information content (AvgIpc) is 2.60. The molecule has 0 spiro atoms. The van der Waals surface area contributed by atoms with Gasteiger partial charge in [-0.05, 0) is 30.3 Å². The number of benzene rings is 2. The van der Waals surface area contributed by atoms with Crippen molar-refractivity contribution < 1.29 is 23.8 Å². The van der Waals surface area contributed by atoms with Crippen LogP contribution in [-0.2, 0) is 4.79 Å². The van der Waals surface area contributed by atoms with Crippen LogP contribution in [-0.4, -0.2) is 33.1 Å². The van der Waals surface area contributed by atoms with E-state index >= 15 is 0 Å². The van der Waals surface area contributed by atoms with Gasteiger partial charge in [0.2, 0.25) is 5.91 Å². The van der Waals surface area contributed by atoms with Crippen molar-refractivity contribution in [3.63, 3.8) is 0 Å². The SMILES string of the molecule is COc1ccc(NC(=O)c2c(OC)cccc2OC)cc1NC(C)=O. The molecule has 0 radical (unpaired) electrons. The van der Waals surface area contributed by atoms with Crippen molar-refractivity contribution in [2.45, 2.75) is 6.92 Å². The topological polar surface area (TPSA) is 85.9 Å². The second kappa shape index (κ2) is 8.05. The fourth-order valence-corrected chi connectivity index (χ4v) is 2.34. The lowest BCUT2D eigenvalue weighted by molar-refractivity contribution is -0.114. The lowest BCUT2D eigenvalue weighted by Crippen LogP contribution is -2.15. The first kappa shape index (κ1) is 18.1. The van der Waals surface area contributed by atoms with Crippen LogP contribution in [0.5, 0.6) is 17.2 Å². The van der Waals surface area contributed by atoms with Gasteiger partial charge in [-0.3, -0.25) is 9.59 Å². The van der Waals surface area contributed by atoms with E-state index in [0.29, 0.717) is 28.6 Å². The molecule has 0 aromatic heterocycles. The van der Waals surface area contributed by atoms with E-state index in [1.54, 1.807) is 36.4 Å². The van der Waals surface area contributed by atoms with Crippen molar-refractivity contribution in [2.75, 3.05) is 32.0 Å². The number of hydrogen-bond acceptors (Lipinski definition) is 5. The minimum Gasteiger partial charge on any atom is -0.496 e. The molecule has 7 heteroatoms. The molecule has 7 nitrogen and oxygen atoms in total. The first-order valence-corrected chi connectivity index (χ1v) is 7.48. The Morgan fingerprint density at radius 1 is 0.840 bits per heavy atom. The van der Waals surface area contributed by atoms with Crippen LogP contribution < -0.4 is 24.8 Å². The van der Waals surface area contributed by atoms with Gasteiger partial charge in [-0.15, -0.1) is 0 Å². The van der Waals surface area contributed by atoms with Crippen molar-refractivity contribution in [1.29, 1.82) is 0 Å². The second-order valence-corrected chi connectivity index (χ2v) is 5.09. The number of amides is 2. The van der Waals surface area contributed by atoms with Gasteiger partial charge in [0.15, 0.2) is 0 Å². The number of carbonyl (C=O) groups excluding carboxylic acids is 2. The third-order valence-corrected chi connectivity index (χ3v) is 3.42. The molecule has 2 aromatic carbocycles. The summed E-state index contributed by atoms with van der Waals surface area (Å²) in [6.45, 7) is 1.39. The van der Waals surface area contributed by atoms with Gasteiger partial charge in [-0.1, -0.05) is 6.07 Å². The molecule has 0 heterocycles. The van der Waals surface area contributed by atoms with Crippen molar-refractivity contribution in [3.05, 3.63) is 42.0 Å². The highest BCUT2D eigenvalue weighted by molar-refractivity contribution is 6.08. The second-order valence-electron chi connectivity index (χ2n) is 5.09. The molecule has 0 saturated carbocycles. The molecular weight excluding hydrogens is 324 g/mol. The molecule has 0 saturated heterocycles. The van der Waals surface area contributed by atoms with E-state index < -0.39 is 5.91 Å². The van der Waals surface area contributed by atoms with Gasteiger partial charge in [0.05, 0.1) is 27.0 Å². The molecule has 0 aliphatic heterocycles. The summed E-state index contributed by atoms with van der Waals surface area (Å²) in [5.41, 5.74) is 1.23. The summed E-state index contributed by atoms with van der Waals surface area (Å²) in [4.78, 5) is 24.0. The summed E-state index contributed by atoms with van der Waals surface area (Å²) in [5.74, 6) is 0.643. The molecule has 2 amide bonds. The summed E-state index contributed by atoms with van der Waals surface area (Å²) in [6, 6.07) is 10.0. The molecular formula is C18H20N2O5. The number of carbonyl (C=O) groups is 2. The Kier molecular flexibility index (Phi) is 5.84. The highest BCUT2D eigenvalue weighted by Crippen LogP contribution is 2.31. The molecule has 0 atom stereocenters. The third-order valence-electron chi connectivity index (χ3n) is 3.42. The van der Waals surface area contributed by atoms with E-state index in [9.17, 15) is 9.59 Å². The fraction of sp³-hybridized carbons (Fsp3) is 0.222. The van der Waals surface area contributed by atoms with E-state index in [4.69, 9.17) is 14.2 Å². The predicted molar refractivity (Wildman–Crippen MR) is 94.8 cm³/mol. The summed E-state index contributed by atoms with van der Waals surface area (Å²) >= 11 is 0. The lowest BCUT2D eigenvalue weighted by Gasteiger charge is -2.14. The third kappa shape index (κ3) is 4.20. The first-order chi connectivity index (χ1) is 12.0. The maximum atomic E-state index is 12.7. The van der Waals surface area contributed by atoms with Gasteiger partial charge >= 0.3 is 0 Å². The van der Waals surface area contributed by atoms with Gasteiger partial charge in [-0.2, -0.15) is 0 Å². The van der Waals surface area contributed by atoms with E-state index in [1.165, 1.54) is 28.3 Å². The number of ether oxygens (including phenoxy) is 3. The normalized spacial score (nSPS) is 9.92. The van der Waals surface area contributed by atoms with Crippen LogP contribution in [0.3, 0.4) is 0 Å². The Balaban J connectivity index is 2.34. The fourth-order valence-electron chi connectivity index (χ4n) is 2.34. The van der Waals surface area contributed by atoms with Crippen LogP contribution in [0.1, 0.15) is 17.3 Å². The molecule has 0 unspecified atom stereocenters. The number of hydrogen-bond donors (Lipinski definition) is 2. The highest BCUT2D eigenvalue weighted by Gasteiger charge is 2.19. The maximum absolute atomic E-state index is 12.7. The van der Waals surface area contributed by atoms with Gasteiger partial charge in [0, 0.05) is 12.6 Å². The molecule has 2 rings (SSSR count). The number of methoxy groups -OCH3 is 3. The van der Waals surface area contributed by atoms with Crippen LogP contribution in [0.2, 0.25) is 0 Å². The quantitative estimate of drug-likeness (QED) is 0.841. The van der Waals surface area contributed by atoms with E-state index in [-0.39, 0.29) is 11.5 Å². The van der Waals surface area contributed by atoms with Crippen LogP contribution >= 0.6 is 0 Å². The van der Waals surface area contributed by atoms with Crippen LogP contribution in [0.25, 0.3) is 0 Å². The molecule has 2 aromatic rings. The molecule has 2 N–H and O–H groups in total. The monoisotopic (exact) mass is 344 g/mol. The van der Waals surface area contributed by atoms with E-state index in [1.807, 2.05) is 0 Å². The van der Waals surface area contributed by atoms with Gasteiger partial charge in [-0.25, -0.2) is 0 Å². The van der Waals surface area contributed by atoms with Crippen molar-refractivity contribution in [2.24, 2.45) is 0 Å². The highest BCUT2D eigenvalue weighted by atomic mass is 16.5. The summed E-state index contributed by atoms with van der Waals surface area (Å²) in [5, 5.41) is 5.43. The summed E-state index contributed by atoms with van der Waals surface area (Å²) < 4.78 is 15.7. The Morgan fingerprint density at radius 3 is 1.96 bits per heavy atom. The standard InChI is InChI=1S/C18H20N2O5/c1-11(21)19-13-10-12(8-9-14(13)23-2)20-18(22)17-15(24-3)6-5-7-16(17)25-4/h5-10H,1-4H3,(H,19,21)(H,20,22). The van der Waals surface area contributed by atoms with Crippen molar-refractivity contribution >= 4 is 23.2 Å². The Hall–Kier alpha value is -3.22. The molecule has 0 aliphatic carbocycles. The van der Waals surface area contributed by atoms with Gasteiger partial charge < -0.3 is 24.8 Å². The first-order valence-electron chi connectivity index (χ1n) is 7.48. The Morgan fingerprint density at radius 2 is 1.44 bits per heavy atom. The zero-order valence-electron chi connectivity index (χ0n) is 14.5. The average molecular weight is 344 g/mol. The van der Waals surface area contributed by atoms with Crippen molar-refractivity contribution in [3.8, 4) is 17.2 Å². The summed E-state index contributed by atoms with van der Waals surface area (Å²) in [6.07, 6.45) is 0.